The average molecular weight is 506 g/mol. The second kappa shape index (κ2) is 10.6. The van der Waals surface area contributed by atoms with Gasteiger partial charge in [0.15, 0.2) is 0 Å². The highest BCUT2D eigenvalue weighted by Crippen LogP contribution is 2.27. The predicted molar refractivity (Wildman–Crippen MR) is 135 cm³/mol. The van der Waals surface area contributed by atoms with Crippen LogP contribution in [0.2, 0.25) is 5.02 Å². The third-order valence-electron chi connectivity index (χ3n) is 5.92. The first kappa shape index (κ1) is 24.9. The summed E-state index contributed by atoms with van der Waals surface area (Å²) in [6.07, 6.45) is 0.531. The number of methoxy groups -OCH3 is 1. The molecule has 3 aromatic carbocycles. The molecule has 1 fully saturated rings. The van der Waals surface area contributed by atoms with Crippen molar-refractivity contribution >= 4 is 40.9 Å². The van der Waals surface area contributed by atoms with E-state index in [0.717, 1.165) is 21.9 Å². The van der Waals surface area contributed by atoms with E-state index < -0.39 is 29.7 Å². The van der Waals surface area contributed by atoms with Crippen LogP contribution < -0.4 is 15.1 Å². The summed E-state index contributed by atoms with van der Waals surface area (Å²) < 4.78 is 5.14. The Balaban J connectivity index is 1.66. The first-order valence-electron chi connectivity index (χ1n) is 11.3. The number of rotatable bonds is 6. The fraction of sp³-hybridized carbons (Fsp3) is 0.185. The van der Waals surface area contributed by atoms with Crippen LogP contribution in [0.5, 0.6) is 5.75 Å². The summed E-state index contributed by atoms with van der Waals surface area (Å²) in [4.78, 5) is 53.9. The van der Waals surface area contributed by atoms with Crippen LogP contribution in [0, 0.1) is 0 Å². The number of carbonyl (C=O) groups is 4. The lowest BCUT2D eigenvalue weighted by atomic mass is 10.1. The van der Waals surface area contributed by atoms with Gasteiger partial charge in [-0.25, -0.2) is 9.91 Å². The van der Waals surface area contributed by atoms with E-state index in [1.165, 1.54) is 43.5 Å². The van der Waals surface area contributed by atoms with Gasteiger partial charge in [0, 0.05) is 16.1 Å². The number of halogens is 1. The highest BCUT2D eigenvalue weighted by Gasteiger charge is 2.45. The number of carbonyl (C=O) groups excluding carboxylic acids is 4. The van der Waals surface area contributed by atoms with Crippen molar-refractivity contribution in [2.24, 2.45) is 0 Å². The summed E-state index contributed by atoms with van der Waals surface area (Å²) in [6, 6.07) is 18.1. The van der Waals surface area contributed by atoms with Crippen LogP contribution in [0.1, 0.15) is 39.6 Å². The Morgan fingerprint density at radius 2 is 1.58 bits per heavy atom. The second-order valence-electron chi connectivity index (χ2n) is 8.16. The van der Waals surface area contributed by atoms with Gasteiger partial charge in [0.25, 0.3) is 17.7 Å². The summed E-state index contributed by atoms with van der Waals surface area (Å²) >= 11 is 5.92. The fourth-order valence-corrected chi connectivity index (χ4v) is 4.01. The summed E-state index contributed by atoms with van der Waals surface area (Å²) in [6.45, 7) is 2.00. The molecule has 3 aromatic rings. The molecule has 0 saturated carbocycles. The van der Waals surface area contributed by atoms with Crippen LogP contribution in [-0.2, 0) is 16.0 Å². The summed E-state index contributed by atoms with van der Waals surface area (Å²) in [5.41, 5.74) is 4.44. The third-order valence-corrected chi connectivity index (χ3v) is 6.17. The van der Waals surface area contributed by atoms with Crippen LogP contribution in [0.15, 0.2) is 72.8 Å². The zero-order chi connectivity index (χ0) is 25.8. The topological polar surface area (TPSA) is 96.0 Å². The normalized spacial score (nSPS) is 15.1. The van der Waals surface area contributed by atoms with E-state index in [0.29, 0.717) is 16.5 Å². The molecule has 1 atom stereocenters. The SMILES string of the molecule is CCc1ccc(N2C(=O)CC(N(NC(=O)c3ccc(Cl)cc3)C(=O)c3ccc(OC)cc3)C2=O)cc1. The Morgan fingerprint density at radius 3 is 2.17 bits per heavy atom. The summed E-state index contributed by atoms with van der Waals surface area (Å²) in [7, 11) is 1.50. The Hall–Kier alpha value is -4.17. The van der Waals surface area contributed by atoms with Crippen molar-refractivity contribution in [3.63, 3.8) is 0 Å². The van der Waals surface area contributed by atoms with Gasteiger partial charge in [-0.1, -0.05) is 30.7 Å². The first-order chi connectivity index (χ1) is 17.3. The number of hydrogen-bond acceptors (Lipinski definition) is 5. The number of imide groups is 1. The molecule has 0 bridgehead atoms. The van der Waals surface area contributed by atoms with Gasteiger partial charge < -0.3 is 4.74 Å². The Morgan fingerprint density at radius 1 is 0.972 bits per heavy atom. The molecular formula is C27H24ClN3O5. The summed E-state index contributed by atoms with van der Waals surface area (Å²) in [5, 5.41) is 1.37. The van der Waals surface area contributed by atoms with E-state index in [4.69, 9.17) is 16.3 Å². The van der Waals surface area contributed by atoms with Crippen molar-refractivity contribution in [1.29, 1.82) is 0 Å². The van der Waals surface area contributed by atoms with Gasteiger partial charge in [0.05, 0.1) is 19.2 Å². The smallest absolute Gasteiger partial charge is 0.273 e. The molecule has 0 spiro atoms. The Kier molecular flexibility index (Phi) is 7.36. The van der Waals surface area contributed by atoms with Crippen molar-refractivity contribution in [2.45, 2.75) is 25.8 Å². The van der Waals surface area contributed by atoms with Crippen LogP contribution in [-0.4, -0.2) is 41.8 Å². The van der Waals surface area contributed by atoms with Gasteiger partial charge in [-0.3, -0.25) is 24.6 Å². The number of hydrogen-bond donors (Lipinski definition) is 1. The van der Waals surface area contributed by atoms with Gasteiger partial charge in [-0.2, -0.15) is 0 Å². The lowest BCUT2D eigenvalue weighted by Gasteiger charge is -2.28. The molecule has 4 rings (SSSR count). The monoisotopic (exact) mass is 505 g/mol. The molecule has 1 unspecified atom stereocenters. The highest BCUT2D eigenvalue weighted by molar-refractivity contribution is 6.30. The maximum Gasteiger partial charge on any atom is 0.273 e. The van der Waals surface area contributed by atoms with Crippen LogP contribution in [0.3, 0.4) is 0 Å². The maximum atomic E-state index is 13.5. The average Bonchev–Trinajstić information content (AvgIpc) is 3.20. The fourth-order valence-electron chi connectivity index (χ4n) is 3.89. The second-order valence-corrected chi connectivity index (χ2v) is 8.60. The molecule has 36 heavy (non-hydrogen) atoms. The van der Waals surface area contributed by atoms with E-state index in [9.17, 15) is 19.2 Å². The summed E-state index contributed by atoms with van der Waals surface area (Å²) in [5.74, 6) is -1.81. The van der Waals surface area contributed by atoms with E-state index in [1.54, 1.807) is 24.3 Å². The molecule has 0 aliphatic carbocycles. The van der Waals surface area contributed by atoms with Crippen molar-refractivity contribution in [2.75, 3.05) is 12.0 Å². The standard InChI is InChI=1S/C27H24ClN3O5/c1-3-17-4-12-21(13-5-17)30-24(32)16-23(27(30)35)31(26(34)19-8-14-22(36-2)15-9-19)29-25(33)18-6-10-20(28)11-7-18/h4-15,23H,3,16H2,1-2H3,(H,29,33). The van der Waals surface area contributed by atoms with Crippen molar-refractivity contribution in [3.05, 3.63) is 94.5 Å². The highest BCUT2D eigenvalue weighted by atomic mass is 35.5. The molecule has 1 N–H and O–H groups in total. The number of anilines is 1. The van der Waals surface area contributed by atoms with Gasteiger partial charge in [0.2, 0.25) is 5.91 Å². The zero-order valence-electron chi connectivity index (χ0n) is 19.7. The van der Waals surface area contributed by atoms with E-state index >= 15 is 0 Å². The van der Waals surface area contributed by atoms with E-state index in [-0.39, 0.29) is 17.5 Å². The van der Waals surface area contributed by atoms with Crippen molar-refractivity contribution in [3.8, 4) is 5.75 Å². The Bertz CT molecular complexity index is 1290. The lowest BCUT2D eigenvalue weighted by molar-refractivity contribution is -0.122. The maximum absolute atomic E-state index is 13.5. The molecular weight excluding hydrogens is 482 g/mol. The van der Waals surface area contributed by atoms with Crippen LogP contribution >= 0.6 is 11.6 Å². The predicted octanol–water partition coefficient (Wildman–Crippen LogP) is 4.03. The number of nitrogens with zero attached hydrogens (tertiary/aromatic N) is 2. The minimum Gasteiger partial charge on any atom is -0.497 e. The lowest BCUT2D eigenvalue weighted by Crippen LogP contribution is -2.54. The molecule has 8 nitrogen and oxygen atoms in total. The molecule has 1 aliphatic rings. The van der Waals surface area contributed by atoms with E-state index in [1.807, 2.05) is 19.1 Å². The molecule has 1 saturated heterocycles. The number of nitrogens with one attached hydrogen (secondary N) is 1. The van der Waals surface area contributed by atoms with Crippen molar-refractivity contribution < 1.29 is 23.9 Å². The molecule has 4 amide bonds. The van der Waals surface area contributed by atoms with Gasteiger partial charge >= 0.3 is 0 Å². The Labute approximate surface area is 213 Å². The quantitative estimate of drug-likeness (QED) is 0.403. The van der Waals surface area contributed by atoms with Crippen LogP contribution in [0.4, 0.5) is 5.69 Å². The number of benzene rings is 3. The van der Waals surface area contributed by atoms with Gasteiger partial charge in [0.1, 0.15) is 11.8 Å². The molecule has 1 aliphatic heterocycles. The minimum absolute atomic E-state index is 0.207. The molecule has 1 heterocycles. The minimum atomic E-state index is -1.23. The van der Waals surface area contributed by atoms with Crippen molar-refractivity contribution in [1.82, 2.24) is 10.4 Å². The number of amides is 4. The zero-order valence-corrected chi connectivity index (χ0v) is 20.5. The van der Waals surface area contributed by atoms with Crippen LogP contribution in [0.25, 0.3) is 0 Å². The first-order valence-corrected chi connectivity index (χ1v) is 11.7. The van der Waals surface area contributed by atoms with Gasteiger partial charge in [-0.15, -0.1) is 0 Å². The van der Waals surface area contributed by atoms with E-state index in [2.05, 4.69) is 5.43 Å². The number of hydrazine groups is 1. The number of ether oxygens (including phenoxy) is 1. The molecule has 0 radical (unpaired) electrons. The largest absolute Gasteiger partial charge is 0.497 e. The molecule has 184 valence electrons. The molecule has 9 heteroatoms. The van der Waals surface area contributed by atoms with Gasteiger partial charge in [-0.05, 0) is 72.6 Å². The molecule has 0 aromatic heterocycles. The third kappa shape index (κ3) is 5.08. The number of aryl methyl sites for hydroxylation is 1.